The van der Waals surface area contributed by atoms with Crippen LogP contribution in [0.15, 0.2) is 65.7 Å². The number of piperidine rings is 1. The molecule has 12 nitrogen and oxygen atoms in total. The summed E-state index contributed by atoms with van der Waals surface area (Å²) in [5.74, 6) is -2.39. The minimum Gasteiger partial charge on any atom is -0.366 e. The van der Waals surface area contributed by atoms with Crippen LogP contribution in [0.1, 0.15) is 69.0 Å². The van der Waals surface area contributed by atoms with E-state index >= 15 is 8.78 Å². The average molecular weight is 808 g/mol. The Balaban J connectivity index is 0.837. The van der Waals surface area contributed by atoms with Gasteiger partial charge in [-0.05, 0) is 76.1 Å². The van der Waals surface area contributed by atoms with Gasteiger partial charge in [-0.1, -0.05) is 23.7 Å². The topological polar surface area (TPSA) is 120 Å². The lowest BCUT2D eigenvalue weighted by Gasteiger charge is -2.42. The van der Waals surface area contributed by atoms with Crippen LogP contribution in [-0.4, -0.2) is 87.6 Å². The monoisotopic (exact) mass is 807 g/mol. The zero-order valence-corrected chi connectivity index (χ0v) is 33.6. The number of carbonyl (C=O) groups is 2. The molecule has 15 heteroatoms. The summed E-state index contributed by atoms with van der Waals surface area (Å²) >= 11 is 6.50. The molecule has 0 saturated carbocycles. The Kier molecular flexibility index (Phi) is 9.46. The van der Waals surface area contributed by atoms with E-state index < -0.39 is 34.8 Å². The smallest absolute Gasteiger partial charge is 0.282 e. The summed E-state index contributed by atoms with van der Waals surface area (Å²) in [6.45, 7) is 13.3. The predicted molar refractivity (Wildman–Crippen MR) is 219 cm³/mol. The third-order valence-electron chi connectivity index (χ3n) is 12.4. The molecular weight excluding hydrogens is 764 g/mol. The van der Waals surface area contributed by atoms with Crippen molar-refractivity contribution in [1.82, 2.24) is 29.7 Å². The summed E-state index contributed by atoms with van der Waals surface area (Å²) in [5, 5.41) is 3.01. The molecule has 3 fully saturated rings. The highest BCUT2D eigenvalue weighted by atomic mass is 35.5. The van der Waals surface area contributed by atoms with Crippen molar-refractivity contribution in [2.75, 3.05) is 54.0 Å². The zero-order valence-electron chi connectivity index (χ0n) is 32.8. The number of carbonyl (C=O) groups excluding carboxylic acids is 2. The molecule has 9 rings (SSSR count). The van der Waals surface area contributed by atoms with Crippen molar-refractivity contribution in [2.24, 2.45) is 0 Å². The van der Waals surface area contributed by atoms with Gasteiger partial charge in [0.05, 0.1) is 32.9 Å². The van der Waals surface area contributed by atoms with Crippen molar-refractivity contribution in [3.8, 4) is 5.69 Å². The molecule has 3 aromatic carbocycles. The summed E-state index contributed by atoms with van der Waals surface area (Å²) in [6.07, 6.45) is 3.88. The number of imide groups is 1. The summed E-state index contributed by atoms with van der Waals surface area (Å²) < 4.78 is 32.7. The number of piperazine rings is 2. The number of anilines is 3. The molecule has 1 N–H and O–H groups in total. The van der Waals surface area contributed by atoms with Crippen molar-refractivity contribution < 1.29 is 18.4 Å². The number of nitrogens with zero attached hydrogens (tertiary/aromatic N) is 8. The Morgan fingerprint density at radius 1 is 0.879 bits per heavy atom. The zero-order chi connectivity index (χ0) is 40.6. The quantitative estimate of drug-likeness (QED) is 0.215. The molecule has 4 aliphatic rings. The van der Waals surface area contributed by atoms with Gasteiger partial charge in [-0.2, -0.15) is 4.98 Å². The molecule has 0 radical (unpaired) electrons. The molecule has 2 amide bonds. The van der Waals surface area contributed by atoms with Gasteiger partial charge < -0.3 is 14.7 Å². The van der Waals surface area contributed by atoms with Gasteiger partial charge in [0.15, 0.2) is 0 Å². The van der Waals surface area contributed by atoms with Gasteiger partial charge in [-0.25, -0.2) is 18.7 Å². The number of benzene rings is 3. The lowest BCUT2D eigenvalue weighted by molar-refractivity contribution is -0.134. The molecule has 300 valence electrons. The van der Waals surface area contributed by atoms with Crippen LogP contribution in [-0.2, 0) is 21.5 Å². The summed E-state index contributed by atoms with van der Waals surface area (Å²) in [6, 6.07) is 14.8. The molecule has 1 unspecified atom stereocenters. The number of halogens is 3. The van der Waals surface area contributed by atoms with Gasteiger partial charge in [-0.3, -0.25) is 29.2 Å². The molecule has 5 aromatic rings. The van der Waals surface area contributed by atoms with Crippen molar-refractivity contribution in [2.45, 2.75) is 70.5 Å². The van der Waals surface area contributed by atoms with Crippen molar-refractivity contribution in [1.29, 1.82) is 0 Å². The van der Waals surface area contributed by atoms with E-state index in [2.05, 4.69) is 68.5 Å². The number of hydrogen-bond donors (Lipinski definition) is 1. The maximum atomic E-state index is 15.3. The Bertz CT molecular complexity index is 2520. The SMILES string of the molecule is C[C@@H]1CN(Cc2cnc(N3CCN(c4cc(F)c(C5CCC(=O)NC5=O)c(F)c4)[C@H](C)C3)nc2)CCN1c1ccc2c(c1)-n1c(nc(=O)c3c(Cl)cccc31)C2(C)C. The Labute approximate surface area is 339 Å². The summed E-state index contributed by atoms with van der Waals surface area (Å²) in [7, 11) is 0. The molecule has 2 aromatic heterocycles. The van der Waals surface area contributed by atoms with Crippen molar-refractivity contribution >= 4 is 51.6 Å². The van der Waals surface area contributed by atoms with Gasteiger partial charge in [0.2, 0.25) is 17.8 Å². The van der Waals surface area contributed by atoms with Crippen LogP contribution in [0, 0.1) is 11.6 Å². The van der Waals surface area contributed by atoms with Gasteiger partial charge in [0.25, 0.3) is 5.56 Å². The number of hydrogen-bond acceptors (Lipinski definition) is 10. The molecule has 0 spiro atoms. The van der Waals surface area contributed by atoms with E-state index in [1.807, 2.05) is 36.4 Å². The molecule has 0 aliphatic carbocycles. The maximum absolute atomic E-state index is 15.3. The second kappa shape index (κ2) is 14.4. The van der Waals surface area contributed by atoms with Gasteiger partial charge >= 0.3 is 0 Å². The molecule has 3 saturated heterocycles. The Morgan fingerprint density at radius 3 is 2.29 bits per heavy atom. The Hall–Kier alpha value is -5.47. The van der Waals surface area contributed by atoms with Crippen LogP contribution >= 0.6 is 11.6 Å². The molecular formula is C43H44ClF2N9O3. The fourth-order valence-corrected chi connectivity index (χ4v) is 9.65. The van der Waals surface area contributed by atoms with Gasteiger partial charge in [0, 0.05) is 99.2 Å². The average Bonchev–Trinajstić information content (AvgIpc) is 3.40. The number of fused-ring (bicyclic) bond motifs is 5. The van der Waals surface area contributed by atoms with Crippen LogP contribution in [0.3, 0.4) is 0 Å². The second-order valence-electron chi connectivity index (χ2n) is 16.5. The second-order valence-corrected chi connectivity index (χ2v) is 16.9. The van der Waals surface area contributed by atoms with E-state index in [0.29, 0.717) is 54.0 Å². The molecule has 58 heavy (non-hydrogen) atoms. The maximum Gasteiger partial charge on any atom is 0.282 e. The summed E-state index contributed by atoms with van der Waals surface area (Å²) in [5.41, 5.74) is 4.38. The third kappa shape index (κ3) is 6.46. The van der Waals surface area contributed by atoms with Gasteiger partial charge in [-0.15, -0.1) is 0 Å². The molecule has 4 aliphatic heterocycles. The van der Waals surface area contributed by atoms with E-state index in [0.717, 1.165) is 47.7 Å². The largest absolute Gasteiger partial charge is 0.366 e. The van der Waals surface area contributed by atoms with Gasteiger partial charge in [0.1, 0.15) is 17.5 Å². The minimum atomic E-state index is -1.03. The van der Waals surface area contributed by atoms with Crippen LogP contribution < -0.4 is 25.6 Å². The number of rotatable bonds is 6. The Morgan fingerprint density at radius 2 is 1.59 bits per heavy atom. The van der Waals surface area contributed by atoms with E-state index in [4.69, 9.17) is 21.6 Å². The minimum absolute atomic E-state index is 0.0430. The number of aromatic nitrogens is 4. The van der Waals surface area contributed by atoms with Crippen LogP contribution in [0.25, 0.3) is 16.6 Å². The first-order valence-corrected chi connectivity index (χ1v) is 20.2. The first-order chi connectivity index (χ1) is 27.8. The third-order valence-corrected chi connectivity index (χ3v) is 12.7. The highest BCUT2D eigenvalue weighted by Gasteiger charge is 2.40. The van der Waals surface area contributed by atoms with Crippen LogP contribution in [0.5, 0.6) is 0 Å². The summed E-state index contributed by atoms with van der Waals surface area (Å²) in [4.78, 5) is 59.8. The van der Waals surface area contributed by atoms with Crippen LogP contribution in [0.4, 0.5) is 26.1 Å². The van der Waals surface area contributed by atoms with E-state index in [9.17, 15) is 14.4 Å². The van der Waals surface area contributed by atoms with Crippen LogP contribution in [0.2, 0.25) is 5.02 Å². The lowest BCUT2D eigenvalue weighted by Crippen LogP contribution is -2.52. The first-order valence-electron chi connectivity index (χ1n) is 19.8. The molecule has 6 heterocycles. The number of nitrogens with one attached hydrogen (secondary N) is 1. The first kappa shape index (κ1) is 38.1. The lowest BCUT2D eigenvalue weighted by atomic mass is 9.85. The standard InChI is InChI=1S/C43H44ClF2N9O3/c1-24-21-51(12-14-53(24)27-8-10-30-35(18-27)55-34-7-5-6-31(44)38(34)40(58)50-41(55)43(30,3)4)23-26-19-47-42(48-20-26)52-13-15-54(25(2)22-52)28-16-32(45)37(33(46)17-28)29-9-11-36(56)49-39(29)57/h5-8,10,16-20,24-25,29H,9,11-15,21-23H2,1-4H3,(H,49,56,57)/t24-,25-,29?/m1/s1. The van der Waals surface area contributed by atoms with Crippen molar-refractivity contribution in [3.63, 3.8) is 0 Å². The molecule has 3 atom stereocenters. The normalized spacial score (nSPS) is 22.0. The highest BCUT2D eigenvalue weighted by molar-refractivity contribution is 6.35. The highest BCUT2D eigenvalue weighted by Crippen LogP contribution is 2.45. The van der Waals surface area contributed by atoms with E-state index in [1.165, 1.54) is 12.1 Å². The predicted octanol–water partition coefficient (Wildman–Crippen LogP) is 5.69. The van der Waals surface area contributed by atoms with Crippen molar-refractivity contribution in [3.05, 3.63) is 110 Å². The molecule has 0 bridgehead atoms. The fraction of sp³-hybridized carbons (Fsp3) is 0.395. The fourth-order valence-electron chi connectivity index (χ4n) is 9.40. The van der Waals surface area contributed by atoms with E-state index in [-0.39, 0.29) is 36.0 Å². The number of amides is 2. The van der Waals surface area contributed by atoms with E-state index in [1.54, 1.807) is 6.07 Å².